The minimum atomic E-state index is 0.0399. The maximum Gasteiger partial charge on any atom is 0.129 e. The van der Waals surface area contributed by atoms with E-state index in [0.717, 1.165) is 20.7 Å². The molecule has 0 radical (unpaired) electrons. The van der Waals surface area contributed by atoms with Crippen molar-refractivity contribution in [1.82, 2.24) is 5.32 Å². The van der Waals surface area contributed by atoms with E-state index in [4.69, 9.17) is 20.8 Å². The average Bonchev–Trinajstić information content (AvgIpc) is 2.91. The predicted molar refractivity (Wildman–Crippen MR) is 69.7 cm³/mol. The van der Waals surface area contributed by atoms with Gasteiger partial charge in [-0.05, 0) is 31.3 Å². The van der Waals surface area contributed by atoms with E-state index in [1.807, 2.05) is 31.3 Å². The lowest BCUT2D eigenvalue weighted by Crippen LogP contribution is -2.15. The van der Waals surface area contributed by atoms with Gasteiger partial charge in [0, 0.05) is 12.0 Å². The second kappa shape index (κ2) is 5.69. The van der Waals surface area contributed by atoms with Crippen LogP contribution in [0.5, 0.6) is 0 Å². The summed E-state index contributed by atoms with van der Waals surface area (Å²) in [4.78, 5) is 1.14. The second-order valence-electron chi connectivity index (χ2n) is 3.60. The molecule has 2 rings (SSSR count). The number of hydrogen-bond acceptors (Lipinski definition) is 4. The van der Waals surface area contributed by atoms with Gasteiger partial charge in [-0.25, -0.2) is 0 Å². The second-order valence-corrected chi connectivity index (χ2v) is 5.35. The minimum absolute atomic E-state index is 0.0399. The fraction of sp³-hybridized carbons (Fsp3) is 0.333. The van der Waals surface area contributed by atoms with Crippen molar-refractivity contribution in [2.75, 3.05) is 14.2 Å². The van der Waals surface area contributed by atoms with Crippen LogP contribution in [0.15, 0.2) is 28.7 Å². The molecule has 0 aliphatic carbocycles. The summed E-state index contributed by atoms with van der Waals surface area (Å²) in [7, 11) is 3.55. The van der Waals surface area contributed by atoms with Crippen molar-refractivity contribution in [3.05, 3.63) is 45.0 Å². The molecule has 0 spiro atoms. The topological polar surface area (TPSA) is 34.4 Å². The Morgan fingerprint density at radius 1 is 1.41 bits per heavy atom. The van der Waals surface area contributed by atoms with E-state index >= 15 is 0 Å². The standard InChI is InChI=1S/C12H14ClNO2S/c1-14-12(10-5-6-11(13)17-10)9-4-3-8(16-9)7-15-2/h3-6,12,14H,7H2,1-2H3. The van der Waals surface area contributed by atoms with Crippen molar-refractivity contribution in [2.24, 2.45) is 0 Å². The van der Waals surface area contributed by atoms with E-state index in [9.17, 15) is 0 Å². The largest absolute Gasteiger partial charge is 0.462 e. The molecule has 3 nitrogen and oxygen atoms in total. The van der Waals surface area contributed by atoms with Crippen LogP contribution < -0.4 is 5.32 Å². The first-order chi connectivity index (χ1) is 8.24. The molecule has 2 aromatic rings. The molecule has 5 heteroatoms. The Hall–Kier alpha value is -0.810. The zero-order valence-corrected chi connectivity index (χ0v) is 11.3. The first-order valence-corrected chi connectivity index (χ1v) is 6.44. The lowest BCUT2D eigenvalue weighted by molar-refractivity contribution is 0.162. The lowest BCUT2D eigenvalue weighted by Gasteiger charge is -2.11. The van der Waals surface area contributed by atoms with Gasteiger partial charge >= 0.3 is 0 Å². The van der Waals surface area contributed by atoms with Gasteiger partial charge in [0.25, 0.3) is 0 Å². The van der Waals surface area contributed by atoms with Crippen LogP contribution in [-0.2, 0) is 11.3 Å². The minimum Gasteiger partial charge on any atom is -0.462 e. The molecule has 17 heavy (non-hydrogen) atoms. The number of hydrogen-bond donors (Lipinski definition) is 1. The van der Waals surface area contributed by atoms with Crippen molar-refractivity contribution in [2.45, 2.75) is 12.6 Å². The summed E-state index contributed by atoms with van der Waals surface area (Å²) in [5.41, 5.74) is 0. The molecular weight excluding hydrogens is 258 g/mol. The molecule has 0 fully saturated rings. The first kappa shape index (κ1) is 12.6. The van der Waals surface area contributed by atoms with Crippen LogP contribution in [0.25, 0.3) is 0 Å². The van der Waals surface area contributed by atoms with Gasteiger partial charge in [0.2, 0.25) is 0 Å². The van der Waals surface area contributed by atoms with E-state index < -0.39 is 0 Å². The number of halogens is 1. The SMILES string of the molecule is CNC(c1ccc(COC)o1)c1ccc(Cl)s1. The molecule has 1 N–H and O–H groups in total. The van der Waals surface area contributed by atoms with E-state index in [0.29, 0.717) is 6.61 Å². The van der Waals surface area contributed by atoms with Crippen LogP contribution >= 0.6 is 22.9 Å². The molecule has 92 valence electrons. The molecule has 0 aromatic carbocycles. The first-order valence-electron chi connectivity index (χ1n) is 5.24. The highest BCUT2D eigenvalue weighted by Crippen LogP contribution is 2.31. The number of methoxy groups -OCH3 is 1. The number of ether oxygens (including phenoxy) is 1. The van der Waals surface area contributed by atoms with Crippen molar-refractivity contribution in [3.8, 4) is 0 Å². The van der Waals surface area contributed by atoms with Crippen LogP contribution in [-0.4, -0.2) is 14.2 Å². The van der Waals surface area contributed by atoms with Crippen molar-refractivity contribution in [3.63, 3.8) is 0 Å². The third kappa shape index (κ3) is 2.90. The fourth-order valence-electron chi connectivity index (χ4n) is 1.68. The monoisotopic (exact) mass is 271 g/mol. The molecule has 0 aliphatic heterocycles. The Bertz CT molecular complexity index is 480. The van der Waals surface area contributed by atoms with Gasteiger partial charge < -0.3 is 14.5 Å². The van der Waals surface area contributed by atoms with Crippen molar-refractivity contribution in [1.29, 1.82) is 0 Å². The molecule has 2 heterocycles. The summed E-state index contributed by atoms with van der Waals surface area (Å²) in [6.07, 6.45) is 0. The Morgan fingerprint density at radius 2 is 2.24 bits per heavy atom. The predicted octanol–water partition coefficient (Wildman–Crippen LogP) is 3.45. The average molecular weight is 272 g/mol. The molecule has 0 aliphatic rings. The van der Waals surface area contributed by atoms with Gasteiger partial charge in [-0.3, -0.25) is 0 Å². The molecular formula is C12H14ClNO2S. The Balaban J connectivity index is 2.22. The number of thiophene rings is 1. The highest BCUT2D eigenvalue weighted by Gasteiger charge is 2.17. The van der Waals surface area contributed by atoms with Gasteiger partial charge in [-0.15, -0.1) is 11.3 Å². The molecule has 2 aromatic heterocycles. The van der Waals surface area contributed by atoms with E-state index in [-0.39, 0.29) is 6.04 Å². The zero-order chi connectivity index (χ0) is 12.3. The summed E-state index contributed by atoms with van der Waals surface area (Å²) >= 11 is 7.49. The smallest absolute Gasteiger partial charge is 0.129 e. The molecule has 0 saturated carbocycles. The Kier molecular flexibility index (Phi) is 4.23. The number of rotatable bonds is 5. The van der Waals surface area contributed by atoms with Crippen LogP contribution in [0.1, 0.15) is 22.4 Å². The summed E-state index contributed by atoms with van der Waals surface area (Å²) in [6, 6.07) is 7.83. The van der Waals surface area contributed by atoms with Gasteiger partial charge in [0.15, 0.2) is 0 Å². The van der Waals surface area contributed by atoms with Crippen LogP contribution in [0, 0.1) is 0 Å². The Labute approximate surface area is 109 Å². The lowest BCUT2D eigenvalue weighted by atomic mass is 10.2. The Morgan fingerprint density at radius 3 is 2.82 bits per heavy atom. The zero-order valence-electron chi connectivity index (χ0n) is 9.70. The van der Waals surface area contributed by atoms with Gasteiger partial charge in [0.05, 0.1) is 4.34 Å². The molecule has 0 bridgehead atoms. The fourth-order valence-corrected chi connectivity index (χ4v) is 2.86. The van der Waals surface area contributed by atoms with E-state index in [1.165, 1.54) is 0 Å². The van der Waals surface area contributed by atoms with E-state index in [1.54, 1.807) is 18.4 Å². The summed E-state index contributed by atoms with van der Waals surface area (Å²) in [5.74, 6) is 1.70. The van der Waals surface area contributed by atoms with E-state index in [2.05, 4.69) is 5.32 Å². The molecule has 0 amide bonds. The summed E-state index contributed by atoms with van der Waals surface area (Å²) in [6.45, 7) is 0.488. The maximum atomic E-state index is 5.94. The van der Waals surface area contributed by atoms with Crippen LogP contribution in [0.4, 0.5) is 0 Å². The van der Waals surface area contributed by atoms with Gasteiger partial charge in [-0.1, -0.05) is 11.6 Å². The van der Waals surface area contributed by atoms with Crippen LogP contribution in [0.2, 0.25) is 4.34 Å². The van der Waals surface area contributed by atoms with Crippen molar-refractivity contribution >= 4 is 22.9 Å². The summed E-state index contributed by atoms with van der Waals surface area (Å²) in [5, 5.41) is 3.22. The van der Waals surface area contributed by atoms with Crippen molar-refractivity contribution < 1.29 is 9.15 Å². The quantitative estimate of drug-likeness (QED) is 0.904. The highest BCUT2D eigenvalue weighted by molar-refractivity contribution is 7.16. The van der Waals surface area contributed by atoms with Crippen LogP contribution in [0.3, 0.4) is 0 Å². The molecule has 1 atom stereocenters. The third-order valence-corrected chi connectivity index (χ3v) is 3.72. The van der Waals surface area contributed by atoms with Gasteiger partial charge in [-0.2, -0.15) is 0 Å². The summed E-state index contributed by atoms with van der Waals surface area (Å²) < 4.78 is 11.5. The molecule has 0 saturated heterocycles. The maximum absolute atomic E-state index is 5.94. The molecule has 1 unspecified atom stereocenters. The number of nitrogens with one attached hydrogen (secondary N) is 1. The number of furan rings is 1. The normalized spacial score (nSPS) is 12.9. The third-order valence-electron chi connectivity index (χ3n) is 2.42. The van der Waals surface area contributed by atoms with Gasteiger partial charge in [0.1, 0.15) is 24.2 Å². The highest BCUT2D eigenvalue weighted by atomic mass is 35.5.